The number of nitrogens with one attached hydrogen (secondary N) is 1. The number of fused-ring (bicyclic) bond motifs is 1. The molecule has 128 valence electrons. The molecule has 0 radical (unpaired) electrons. The van der Waals surface area contributed by atoms with E-state index >= 15 is 0 Å². The third kappa shape index (κ3) is 2.57. The van der Waals surface area contributed by atoms with Gasteiger partial charge in [0.1, 0.15) is 11.9 Å². The molecule has 25 heavy (non-hydrogen) atoms. The summed E-state index contributed by atoms with van der Waals surface area (Å²) in [4.78, 5) is 3.26. The quantitative estimate of drug-likeness (QED) is 0.709. The molecule has 5 rings (SSSR count). The Kier molecular flexibility index (Phi) is 3.43. The zero-order chi connectivity index (χ0) is 16.9. The van der Waals surface area contributed by atoms with E-state index in [1.165, 1.54) is 11.6 Å². The summed E-state index contributed by atoms with van der Waals surface area (Å²) in [6, 6.07) is 15.2. The fourth-order valence-electron chi connectivity index (χ4n) is 4.32. The second-order valence-corrected chi connectivity index (χ2v) is 7.11. The van der Waals surface area contributed by atoms with Gasteiger partial charge >= 0.3 is 0 Å². The molecule has 1 aromatic heterocycles. The molecule has 1 spiro atoms. The van der Waals surface area contributed by atoms with Crippen LogP contribution in [0.5, 0.6) is 0 Å². The lowest BCUT2D eigenvalue weighted by molar-refractivity contribution is -0.163. The van der Waals surface area contributed by atoms with Crippen LogP contribution in [0.3, 0.4) is 0 Å². The van der Waals surface area contributed by atoms with E-state index in [0.717, 1.165) is 35.7 Å². The molecule has 3 aromatic rings. The Balaban J connectivity index is 1.38. The summed E-state index contributed by atoms with van der Waals surface area (Å²) in [6.07, 6.45) is 4.70. The largest absolute Gasteiger partial charge is 0.361 e. The molecule has 3 atom stereocenters. The first-order valence-corrected chi connectivity index (χ1v) is 8.86. The number of H-pyrrole nitrogens is 1. The third-order valence-electron chi connectivity index (χ3n) is 5.57. The van der Waals surface area contributed by atoms with Crippen molar-refractivity contribution in [2.75, 3.05) is 6.61 Å². The first kappa shape index (κ1) is 15.1. The Hall–Kier alpha value is -2.17. The number of rotatable bonds is 2. The SMILES string of the molecule is Fc1ccc2[nH]cc([C@H]3CCC4(C3)OC[C@H](c3ccccc3)O4)c2c1. The minimum absolute atomic E-state index is 0.000336. The van der Waals surface area contributed by atoms with E-state index < -0.39 is 5.79 Å². The number of halogens is 1. The standard InChI is InChI=1S/C21H20FNO2/c22-16-6-7-19-17(10-16)18(12-23-19)15-8-9-21(11-15)24-13-20(25-21)14-4-2-1-3-5-14/h1-7,10,12,15,20,23H,8-9,11,13H2/t15-,20+,21?/m0/s1. The number of hydrogen-bond donors (Lipinski definition) is 1. The molecule has 1 aliphatic carbocycles. The monoisotopic (exact) mass is 337 g/mol. The summed E-state index contributed by atoms with van der Waals surface area (Å²) in [5.74, 6) is -0.370. The van der Waals surface area contributed by atoms with E-state index in [2.05, 4.69) is 17.1 Å². The zero-order valence-electron chi connectivity index (χ0n) is 13.9. The molecule has 4 heteroatoms. The molecule has 1 unspecified atom stereocenters. The molecule has 2 fully saturated rings. The molecule has 2 heterocycles. The Morgan fingerprint density at radius 2 is 2.00 bits per heavy atom. The van der Waals surface area contributed by atoms with Gasteiger partial charge in [-0.25, -0.2) is 4.39 Å². The van der Waals surface area contributed by atoms with E-state index in [0.29, 0.717) is 12.5 Å². The van der Waals surface area contributed by atoms with Crippen molar-refractivity contribution in [2.45, 2.75) is 37.1 Å². The van der Waals surface area contributed by atoms with Crippen LogP contribution in [0.15, 0.2) is 54.7 Å². The van der Waals surface area contributed by atoms with E-state index in [-0.39, 0.29) is 11.9 Å². The van der Waals surface area contributed by atoms with Gasteiger partial charge in [0.2, 0.25) is 0 Å². The fraction of sp³-hybridized carbons (Fsp3) is 0.333. The maximum Gasteiger partial charge on any atom is 0.169 e. The van der Waals surface area contributed by atoms with Crippen molar-refractivity contribution in [1.29, 1.82) is 0 Å². The van der Waals surface area contributed by atoms with Crippen LogP contribution in [0, 0.1) is 5.82 Å². The molecular formula is C21H20FNO2. The molecule has 0 bridgehead atoms. The second-order valence-electron chi connectivity index (χ2n) is 7.11. The van der Waals surface area contributed by atoms with Crippen LogP contribution in [-0.2, 0) is 9.47 Å². The number of hydrogen-bond acceptors (Lipinski definition) is 2. The van der Waals surface area contributed by atoms with Crippen molar-refractivity contribution in [1.82, 2.24) is 4.98 Å². The highest BCUT2D eigenvalue weighted by molar-refractivity contribution is 5.83. The van der Waals surface area contributed by atoms with Crippen molar-refractivity contribution in [3.05, 3.63) is 71.7 Å². The van der Waals surface area contributed by atoms with Gasteiger partial charge < -0.3 is 14.5 Å². The van der Waals surface area contributed by atoms with Crippen LogP contribution >= 0.6 is 0 Å². The minimum Gasteiger partial charge on any atom is -0.361 e. The van der Waals surface area contributed by atoms with Crippen LogP contribution in [0.25, 0.3) is 10.9 Å². The Morgan fingerprint density at radius 3 is 2.88 bits per heavy atom. The van der Waals surface area contributed by atoms with Gasteiger partial charge in [-0.3, -0.25) is 0 Å². The van der Waals surface area contributed by atoms with Crippen molar-refractivity contribution in [3.8, 4) is 0 Å². The van der Waals surface area contributed by atoms with Crippen LogP contribution in [0.2, 0.25) is 0 Å². The molecule has 1 aliphatic heterocycles. The van der Waals surface area contributed by atoms with Crippen molar-refractivity contribution < 1.29 is 13.9 Å². The minimum atomic E-state index is -0.498. The maximum atomic E-state index is 13.7. The molecule has 1 saturated carbocycles. The summed E-state index contributed by atoms with van der Waals surface area (Å²) in [7, 11) is 0. The average Bonchev–Trinajstić information content (AvgIpc) is 3.35. The number of benzene rings is 2. The van der Waals surface area contributed by atoms with E-state index in [4.69, 9.17) is 9.47 Å². The molecule has 3 nitrogen and oxygen atoms in total. The van der Waals surface area contributed by atoms with Gasteiger partial charge in [-0.1, -0.05) is 30.3 Å². The van der Waals surface area contributed by atoms with E-state index in [9.17, 15) is 4.39 Å². The lowest BCUT2D eigenvalue weighted by Gasteiger charge is -2.23. The lowest BCUT2D eigenvalue weighted by atomic mass is 9.96. The lowest BCUT2D eigenvalue weighted by Crippen LogP contribution is -2.26. The van der Waals surface area contributed by atoms with Crippen molar-refractivity contribution in [3.63, 3.8) is 0 Å². The zero-order valence-corrected chi connectivity index (χ0v) is 13.9. The van der Waals surface area contributed by atoms with Crippen molar-refractivity contribution >= 4 is 10.9 Å². The Bertz CT molecular complexity index is 907. The molecule has 0 amide bonds. The van der Waals surface area contributed by atoms with Gasteiger partial charge in [-0.2, -0.15) is 0 Å². The summed E-state index contributed by atoms with van der Waals surface area (Å²) < 4.78 is 26.1. The molecule has 1 saturated heterocycles. The number of ether oxygens (including phenoxy) is 2. The van der Waals surface area contributed by atoms with Crippen molar-refractivity contribution in [2.24, 2.45) is 0 Å². The molecule has 1 N–H and O–H groups in total. The highest BCUT2D eigenvalue weighted by atomic mass is 19.1. The molecule has 2 aromatic carbocycles. The van der Waals surface area contributed by atoms with Gasteiger partial charge in [-0.15, -0.1) is 0 Å². The van der Waals surface area contributed by atoms with E-state index in [1.54, 1.807) is 12.1 Å². The first-order chi connectivity index (χ1) is 12.2. The highest BCUT2D eigenvalue weighted by Gasteiger charge is 2.48. The average molecular weight is 337 g/mol. The number of aromatic amines is 1. The maximum absolute atomic E-state index is 13.7. The smallest absolute Gasteiger partial charge is 0.169 e. The Morgan fingerprint density at radius 1 is 1.12 bits per heavy atom. The van der Waals surface area contributed by atoms with Gasteiger partial charge in [0.15, 0.2) is 5.79 Å². The van der Waals surface area contributed by atoms with Crippen LogP contribution in [0.4, 0.5) is 4.39 Å². The summed E-state index contributed by atoms with van der Waals surface area (Å²) >= 11 is 0. The van der Waals surface area contributed by atoms with E-state index in [1.807, 2.05) is 24.4 Å². The van der Waals surface area contributed by atoms with Gasteiger partial charge in [0.25, 0.3) is 0 Å². The fourth-order valence-corrected chi connectivity index (χ4v) is 4.32. The Labute approximate surface area is 145 Å². The first-order valence-electron chi connectivity index (χ1n) is 8.86. The molecular weight excluding hydrogens is 317 g/mol. The normalized spacial score (nSPS) is 29.0. The highest BCUT2D eigenvalue weighted by Crippen LogP contribution is 2.50. The van der Waals surface area contributed by atoms with Crippen LogP contribution in [0.1, 0.15) is 42.4 Å². The second kappa shape index (κ2) is 5.68. The summed E-state index contributed by atoms with van der Waals surface area (Å²) in [5.41, 5.74) is 3.31. The third-order valence-corrected chi connectivity index (χ3v) is 5.57. The predicted molar refractivity (Wildman–Crippen MR) is 93.8 cm³/mol. The van der Waals surface area contributed by atoms with Crippen LogP contribution in [-0.4, -0.2) is 17.4 Å². The van der Waals surface area contributed by atoms with Gasteiger partial charge in [0.05, 0.1) is 6.61 Å². The van der Waals surface area contributed by atoms with Gasteiger partial charge in [-0.05, 0) is 41.7 Å². The topological polar surface area (TPSA) is 34.2 Å². The summed E-state index contributed by atoms with van der Waals surface area (Å²) in [6.45, 7) is 0.596. The van der Waals surface area contributed by atoms with Crippen LogP contribution < -0.4 is 0 Å². The summed E-state index contributed by atoms with van der Waals surface area (Å²) in [5, 5.41) is 0.972. The number of aromatic nitrogens is 1. The predicted octanol–water partition coefficient (Wildman–Crippen LogP) is 5.06. The molecule has 2 aliphatic rings. The van der Waals surface area contributed by atoms with Gasteiger partial charge in [0, 0.05) is 29.9 Å².